The van der Waals surface area contributed by atoms with Crippen molar-refractivity contribution in [1.29, 1.82) is 0 Å². The Morgan fingerprint density at radius 3 is 2.65 bits per heavy atom. The van der Waals surface area contributed by atoms with E-state index in [0.29, 0.717) is 19.1 Å². The molecule has 3 heteroatoms. The van der Waals surface area contributed by atoms with Gasteiger partial charge in [0.25, 0.3) is 0 Å². The van der Waals surface area contributed by atoms with Crippen LogP contribution in [0.25, 0.3) is 0 Å². The van der Waals surface area contributed by atoms with Crippen molar-refractivity contribution in [2.45, 2.75) is 27.2 Å². The molecule has 0 saturated heterocycles. The zero-order valence-electron chi connectivity index (χ0n) is 12.6. The summed E-state index contributed by atoms with van der Waals surface area (Å²) in [4.78, 5) is 0. The molecule has 0 aliphatic rings. The Balaban J connectivity index is 2.33. The smallest absolute Gasteiger partial charge is 0.119 e. The predicted molar refractivity (Wildman–Crippen MR) is 80.9 cm³/mol. The van der Waals surface area contributed by atoms with Gasteiger partial charge in [-0.1, -0.05) is 25.7 Å². The van der Waals surface area contributed by atoms with Crippen LogP contribution < -0.4 is 4.74 Å². The van der Waals surface area contributed by atoms with Crippen LogP contribution in [0.5, 0.6) is 5.75 Å². The van der Waals surface area contributed by atoms with Crippen molar-refractivity contribution in [3.05, 3.63) is 29.3 Å². The molecule has 1 rings (SSSR count). The predicted octanol–water partition coefficient (Wildman–Crippen LogP) is 2.78. The van der Waals surface area contributed by atoms with E-state index in [9.17, 15) is 0 Å². The Hall–Kier alpha value is -1.50. The van der Waals surface area contributed by atoms with Crippen LogP contribution in [0.15, 0.2) is 18.2 Å². The molecule has 1 aromatic carbocycles. The normalized spacial score (nSPS) is 10.2. The fourth-order valence-electron chi connectivity index (χ4n) is 1.64. The monoisotopic (exact) mass is 276 g/mol. The largest absolute Gasteiger partial charge is 0.491 e. The minimum Gasteiger partial charge on any atom is -0.491 e. The van der Waals surface area contributed by atoms with Crippen molar-refractivity contribution in [3.8, 4) is 17.6 Å². The lowest BCUT2D eigenvalue weighted by Crippen LogP contribution is -2.08. The summed E-state index contributed by atoms with van der Waals surface area (Å²) in [7, 11) is 0. The first kappa shape index (κ1) is 16.6. The molecule has 0 radical (unpaired) electrons. The summed E-state index contributed by atoms with van der Waals surface area (Å²) in [6.07, 6.45) is 1.08. The second kappa shape index (κ2) is 9.41. The molecule has 0 spiro atoms. The molecule has 0 bridgehead atoms. The van der Waals surface area contributed by atoms with Gasteiger partial charge in [0.05, 0.1) is 6.61 Å². The van der Waals surface area contributed by atoms with E-state index >= 15 is 0 Å². The average Bonchev–Trinajstić information content (AvgIpc) is 2.41. The van der Waals surface area contributed by atoms with Crippen molar-refractivity contribution in [1.82, 2.24) is 0 Å². The van der Waals surface area contributed by atoms with E-state index in [-0.39, 0.29) is 6.61 Å². The highest BCUT2D eigenvalue weighted by molar-refractivity contribution is 5.44. The Morgan fingerprint density at radius 2 is 2.00 bits per heavy atom. The average molecular weight is 276 g/mol. The fourth-order valence-corrected chi connectivity index (χ4v) is 1.64. The van der Waals surface area contributed by atoms with Crippen molar-refractivity contribution in [2.75, 3.05) is 26.4 Å². The Morgan fingerprint density at radius 1 is 1.20 bits per heavy atom. The number of hydrogen-bond acceptors (Lipinski definition) is 3. The molecule has 110 valence electrons. The second-order valence-corrected chi connectivity index (χ2v) is 5.08. The number of aliphatic hydroxyl groups excluding tert-OH is 1. The van der Waals surface area contributed by atoms with Gasteiger partial charge in [0.2, 0.25) is 0 Å². The first-order chi connectivity index (χ1) is 9.63. The van der Waals surface area contributed by atoms with Gasteiger partial charge in [0.1, 0.15) is 19.0 Å². The number of aliphatic hydroxyl groups is 1. The molecule has 20 heavy (non-hydrogen) atoms. The van der Waals surface area contributed by atoms with E-state index in [4.69, 9.17) is 14.6 Å². The molecule has 0 amide bonds. The standard InChI is InChI=1S/C17H24O3/c1-14(2)8-10-19-11-12-20-17-7-6-16(5-4-9-18)15(3)13-17/h6-7,13-14,18H,8-12H2,1-3H3. The first-order valence-electron chi connectivity index (χ1n) is 7.04. The third-order valence-electron chi connectivity index (χ3n) is 2.84. The van der Waals surface area contributed by atoms with Crippen LogP contribution in [0.4, 0.5) is 0 Å². The molecule has 3 nitrogen and oxygen atoms in total. The zero-order valence-corrected chi connectivity index (χ0v) is 12.6. The molecule has 0 aliphatic heterocycles. The van der Waals surface area contributed by atoms with Gasteiger partial charge in [-0.05, 0) is 43.0 Å². The maximum atomic E-state index is 8.68. The molecular weight excluding hydrogens is 252 g/mol. The molecule has 0 atom stereocenters. The fraction of sp³-hybridized carbons (Fsp3) is 0.529. The SMILES string of the molecule is Cc1cc(OCCOCCC(C)C)ccc1C#CCO. The Bertz CT molecular complexity index is 455. The van der Waals surface area contributed by atoms with Gasteiger partial charge in [0, 0.05) is 12.2 Å². The highest BCUT2D eigenvalue weighted by atomic mass is 16.5. The second-order valence-electron chi connectivity index (χ2n) is 5.08. The van der Waals surface area contributed by atoms with Gasteiger partial charge in [-0.15, -0.1) is 0 Å². The summed E-state index contributed by atoms with van der Waals surface area (Å²) in [6.45, 7) is 8.18. The maximum Gasteiger partial charge on any atom is 0.119 e. The molecule has 1 N–H and O–H groups in total. The Labute approximate surface area is 121 Å². The first-order valence-corrected chi connectivity index (χ1v) is 7.04. The number of ether oxygens (including phenoxy) is 2. The summed E-state index contributed by atoms with van der Waals surface area (Å²) < 4.78 is 11.1. The Kier molecular flexibility index (Phi) is 7.79. The molecule has 0 heterocycles. The van der Waals surface area contributed by atoms with E-state index < -0.39 is 0 Å². The van der Waals surface area contributed by atoms with Crippen LogP contribution in [0.3, 0.4) is 0 Å². The molecule has 1 aromatic rings. The molecule has 0 aliphatic carbocycles. The van der Waals surface area contributed by atoms with Gasteiger partial charge in [0.15, 0.2) is 0 Å². The molecule has 0 unspecified atom stereocenters. The van der Waals surface area contributed by atoms with Crippen LogP contribution in [-0.2, 0) is 4.74 Å². The number of benzene rings is 1. The molecule has 0 fully saturated rings. The van der Waals surface area contributed by atoms with Gasteiger partial charge in [-0.2, -0.15) is 0 Å². The van der Waals surface area contributed by atoms with Gasteiger partial charge < -0.3 is 14.6 Å². The van der Waals surface area contributed by atoms with Gasteiger partial charge in [-0.25, -0.2) is 0 Å². The third-order valence-corrected chi connectivity index (χ3v) is 2.84. The quantitative estimate of drug-likeness (QED) is 0.615. The van der Waals surface area contributed by atoms with E-state index in [1.807, 2.05) is 25.1 Å². The van der Waals surface area contributed by atoms with Crippen LogP contribution in [0.1, 0.15) is 31.4 Å². The number of rotatable bonds is 7. The summed E-state index contributed by atoms with van der Waals surface area (Å²) in [5.74, 6) is 7.05. The highest BCUT2D eigenvalue weighted by Crippen LogP contribution is 2.16. The van der Waals surface area contributed by atoms with Crippen molar-refractivity contribution in [2.24, 2.45) is 5.92 Å². The molecule has 0 saturated carbocycles. The van der Waals surface area contributed by atoms with Crippen molar-refractivity contribution >= 4 is 0 Å². The number of hydrogen-bond donors (Lipinski definition) is 1. The minimum absolute atomic E-state index is 0.120. The lowest BCUT2D eigenvalue weighted by Gasteiger charge is -2.09. The van der Waals surface area contributed by atoms with E-state index in [1.54, 1.807) is 0 Å². The summed E-state index contributed by atoms with van der Waals surface area (Å²) in [5, 5.41) is 8.68. The van der Waals surface area contributed by atoms with Crippen molar-refractivity contribution < 1.29 is 14.6 Å². The van der Waals surface area contributed by atoms with E-state index in [1.165, 1.54) is 0 Å². The number of aryl methyl sites for hydroxylation is 1. The minimum atomic E-state index is -0.120. The zero-order chi connectivity index (χ0) is 14.8. The van der Waals surface area contributed by atoms with Crippen LogP contribution in [-0.4, -0.2) is 31.5 Å². The lowest BCUT2D eigenvalue weighted by atomic mass is 10.1. The van der Waals surface area contributed by atoms with E-state index in [2.05, 4.69) is 25.7 Å². The molecular formula is C17H24O3. The summed E-state index contributed by atoms with van der Waals surface area (Å²) in [6, 6.07) is 5.75. The summed E-state index contributed by atoms with van der Waals surface area (Å²) in [5.41, 5.74) is 1.96. The van der Waals surface area contributed by atoms with Crippen molar-refractivity contribution in [3.63, 3.8) is 0 Å². The van der Waals surface area contributed by atoms with Crippen LogP contribution >= 0.6 is 0 Å². The molecule has 0 aromatic heterocycles. The van der Waals surface area contributed by atoms with Crippen LogP contribution in [0, 0.1) is 24.7 Å². The third kappa shape index (κ3) is 6.60. The topological polar surface area (TPSA) is 38.7 Å². The maximum absolute atomic E-state index is 8.68. The van der Waals surface area contributed by atoms with Gasteiger partial charge >= 0.3 is 0 Å². The lowest BCUT2D eigenvalue weighted by molar-refractivity contribution is 0.0925. The highest BCUT2D eigenvalue weighted by Gasteiger charge is 1.99. The van der Waals surface area contributed by atoms with E-state index in [0.717, 1.165) is 29.9 Å². The van der Waals surface area contributed by atoms with Gasteiger partial charge in [-0.3, -0.25) is 0 Å². The summed E-state index contributed by atoms with van der Waals surface area (Å²) >= 11 is 0. The van der Waals surface area contributed by atoms with Crippen LogP contribution in [0.2, 0.25) is 0 Å².